The number of likely N-dealkylation sites (tertiary alicyclic amines) is 1. The van der Waals surface area contributed by atoms with Gasteiger partial charge in [0.2, 0.25) is 5.91 Å². The highest BCUT2D eigenvalue weighted by molar-refractivity contribution is 5.92. The van der Waals surface area contributed by atoms with E-state index in [1.54, 1.807) is 19.4 Å². The Balaban J connectivity index is 1.47. The Morgan fingerprint density at radius 3 is 2.96 bits per heavy atom. The van der Waals surface area contributed by atoms with Gasteiger partial charge in [-0.05, 0) is 43.7 Å². The standard InChI is InChI=1S/C20H31N5O3/c1-28-9-6-19(26)21-11-18-15-10-14(17-4-2-3-8-25(17)18)12-24(13-15)20(27)16-5-7-22-23-16/h5,7,14-15,17-18H,2-4,6,8-13H2,1H3,(H,21,26)(H,22,23)/t14-,15+,17+,18+/m1/s1. The van der Waals surface area contributed by atoms with Crippen LogP contribution in [0.25, 0.3) is 0 Å². The molecular formula is C20H31N5O3. The summed E-state index contributed by atoms with van der Waals surface area (Å²) >= 11 is 0. The minimum Gasteiger partial charge on any atom is -0.384 e. The van der Waals surface area contributed by atoms with Gasteiger partial charge in [-0.25, -0.2) is 0 Å². The summed E-state index contributed by atoms with van der Waals surface area (Å²) in [5.74, 6) is 0.993. The SMILES string of the molecule is COCCC(=O)NC[C@H]1[C@H]2C[C@H](CN(C(=O)c3ccn[nH]3)C2)[C@@H]2CCCCN21. The van der Waals surface area contributed by atoms with E-state index in [2.05, 4.69) is 20.4 Å². The molecule has 8 nitrogen and oxygen atoms in total. The number of H-pyrrole nitrogens is 1. The van der Waals surface area contributed by atoms with E-state index in [-0.39, 0.29) is 11.8 Å². The van der Waals surface area contributed by atoms with Crippen molar-refractivity contribution in [3.05, 3.63) is 18.0 Å². The molecule has 4 atom stereocenters. The number of nitrogens with one attached hydrogen (secondary N) is 2. The Morgan fingerprint density at radius 1 is 1.32 bits per heavy atom. The first kappa shape index (κ1) is 19.4. The third kappa shape index (κ3) is 3.93. The quantitative estimate of drug-likeness (QED) is 0.754. The first-order valence-electron chi connectivity index (χ1n) is 10.5. The fourth-order valence-electron chi connectivity index (χ4n) is 5.40. The van der Waals surface area contributed by atoms with Gasteiger partial charge in [0.1, 0.15) is 5.69 Å². The summed E-state index contributed by atoms with van der Waals surface area (Å²) in [6, 6.07) is 2.56. The summed E-state index contributed by atoms with van der Waals surface area (Å²) in [5, 5.41) is 9.85. The average Bonchev–Trinajstić information content (AvgIpc) is 3.26. The highest BCUT2D eigenvalue weighted by Gasteiger charge is 2.48. The van der Waals surface area contributed by atoms with Crippen LogP contribution in [0.2, 0.25) is 0 Å². The lowest BCUT2D eigenvalue weighted by atomic mass is 9.72. The first-order valence-corrected chi connectivity index (χ1v) is 10.5. The second kappa shape index (κ2) is 8.61. The molecule has 1 aromatic heterocycles. The van der Waals surface area contributed by atoms with Gasteiger partial charge in [0, 0.05) is 51.4 Å². The van der Waals surface area contributed by atoms with Crippen LogP contribution in [0.15, 0.2) is 12.3 Å². The molecule has 0 radical (unpaired) electrons. The molecule has 0 aromatic carbocycles. The molecule has 8 heteroatoms. The van der Waals surface area contributed by atoms with Gasteiger partial charge in [-0.1, -0.05) is 6.42 Å². The number of aromatic nitrogens is 2. The number of amides is 2. The molecule has 0 saturated carbocycles. The number of aromatic amines is 1. The van der Waals surface area contributed by atoms with Crippen LogP contribution in [-0.2, 0) is 9.53 Å². The molecule has 4 heterocycles. The second-order valence-electron chi connectivity index (χ2n) is 8.35. The molecule has 3 aliphatic rings. The molecular weight excluding hydrogens is 358 g/mol. The number of piperidine rings is 3. The van der Waals surface area contributed by atoms with E-state index in [9.17, 15) is 9.59 Å². The van der Waals surface area contributed by atoms with Crippen LogP contribution >= 0.6 is 0 Å². The van der Waals surface area contributed by atoms with Crippen LogP contribution in [0, 0.1) is 11.8 Å². The number of fused-ring (bicyclic) bond motifs is 4. The Kier molecular flexibility index (Phi) is 5.96. The van der Waals surface area contributed by atoms with E-state index in [1.807, 2.05) is 4.90 Å². The second-order valence-corrected chi connectivity index (χ2v) is 8.35. The molecule has 154 valence electrons. The summed E-state index contributed by atoms with van der Waals surface area (Å²) < 4.78 is 5.01. The number of hydrogen-bond acceptors (Lipinski definition) is 5. The van der Waals surface area contributed by atoms with Crippen molar-refractivity contribution in [1.29, 1.82) is 0 Å². The molecule has 0 unspecified atom stereocenters. The lowest BCUT2D eigenvalue weighted by molar-refractivity contribution is -0.123. The zero-order chi connectivity index (χ0) is 19.5. The molecule has 2 amide bonds. The van der Waals surface area contributed by atoms with Gasteiger partial charge >= 0.3 is 0 Å². The van der Waals surface area contributed by atoms with Crippen molar-refractivity contribution in [2.24, 2.45) is 11.8 Å². The first-order chi connectivity index (χ1) is 13.7. The zero-order valence-electron chi connectivity index (χ0n) is 16.6. The highest BCUT2D eigenvalue weighted by Crippen LogP contribution is 2.41. The van der Waals surface area contributed by atoms with Crippen molar-refractivity contribution in [1.82, 2.24) is 25.3 Å². The van der Waals surface area contributed by atoms with Crippen LogP contribution < -0.4 is 5.32 Å². The number of ether oxygens (including phenoxy) is 1. The largest absolute Gasteiger partial charge is 0.384 e. The predicted octanol–water partition coefficient (Wildman–Crippen LogP) is 0.877. The van der Waals surface area contributed by atoms with Crippen molar-refractivity contribution in [3.8, 4) is 0 Å². The van der Waals surface area contributed by atoms with Gasteiger partial charge in [-0.15, -0.1) is 0 Å². The Labute approximate surface area is 166 Å². The molecule has 3 aliphatic heterocycles. The van der Waals surface area contributed by atoms with E-state index in [4.69, 9.17) is 4.74 Å². The average molecular weight is 390 g/mol. The van der Waals surface area contributed by atoms with Gasteiger partial charge in [-0.3, -0.25) is 19.6 Å². The Bertz CT molecular complexity index is 679. The van der Waals surface area contributed by atoms with E-state index in [0.717, 1.165) is 26.1 Å². The monoisotopic (exact) mass is 389 g/mol. The molecule has 0 aliphatic carbocycles. The van der Waals surface area contributed by atoms with Crippen LogP contribution in [0.3, 0.4) is 0 Å². The van der Waals surface area contributed by atoms with Gasteiger partial charge < -0.3 is 15.0 Å². The fourth-order valence-corrected chi connectivity index (χ4v) is 5.40. The van der Waals surface area contributed by atoms with Gasteiger partial charge in [0.25, 0.3) is 5.91 Å². The minimum atomic E-state index is 0.0405. The van der Waals surface area contributed by atoms with Crippen molar-refractivity contribution < 1.29 is 14.3 Å². The third-order valence-corrected chi connectivity index (χ3v) is 6.68. The molecule has 3 fully saturated rings. The Morgan fingerprint density at radius 2 is 2.18 bits per heavy atom. The summed E-state index contributed by atoms with van der Waals surface area (Å²) in [7, 11) is 1.61. The van der Waals surface area contributed by atoms with Crippen LogP contribution in [0.5, 0.6) is 0 Å². The molecule has 2 bridgehead atoms. The topological polar surface area (TPSA) is 90.6 Å². The van der Waals surface area contributed by atoms with Gasteiger partial charge in [-0.2, -0.15) is 5.10 Å². The van der Waals surface area contributed by atoms with Gasteiger partial charge in [0.05, 0.1) is 6.61 Å². The summed E-state index contributed by atoms with van der Waals surface area (Å²) in [6.45, 7) is 3.77. The normalized spacial score (nSPS) is 30.0. The summed E-state index contributed by atoms with van der Waals surface area (Å²) in [4.78, 5) is 29.7. The van der Waals surface area contributed by atoms with E-state index < -0.39 is 0 Å². The van der Waals surface area contributed by atoms with E-state index >= 15 is 0 Å². The highest BCUT2D eigenvalue weighted by atomic mass is 16.5. The van der Waals surface area contributed by atoms with Crippen molar-refractivity contribution in [2.45, 2.75) is 44.2 Å². The lowest BCUT2D eigenvalue weighted by Crippen LogP contribution is -2.66. The predicted molar refractivity (Wildman–Crippen MR) is 104 cm³/mol. The van der Waals surface area contributed by atoms with Crippen molar-refractivity contribution >= 4 is 11.8 Å². The summed E-state index contributed by atoms with van der Waals surface area (Å²) in [5.41, 5.74) is 0.560. The minimum absolute atomic E-state index is 0.0405. The fraction of sp³-hybridized carbons (Fsp3) is 0.750. The maximum atomic E-state index is 12.9. The smallest absolute Gasteiger partial charge is 0.271 e. The summed E-state index contributed by atoms with van der Waals surface area (Å²) in [6.07, 6.45) is 6.83. The molecule has 1 aromatic rings. The van der Waals surface area contributed by atoms with Crippen molar-refractivity contribution in [3.63, 3.8) is 0 Å². The number of nitrogens with zero attached hydrogens (tertiary/aromatic N) is 3. The van der Waals surface area contributed by atoms with Gasteiger partial charge in [0.15, 0.2) is 0 Å². The van der Waals surface area contributed by atoms with Crippen LogP contribution in [0.1, 0.15) is 42.6 Å². The third-order valence-electron chi connectivity index (χ3n) is 6.68. The molecule has 3 saturated heterocycles. The molecule has 28 heavy (non-hydrogen) atoms. The molecule has 0 spiro atoms. The number of methoxy groups -OCH3 is 1. The Hall–Kier alpha value is -1.93. The van der Waals surface area contributed by atoms with Crippen LogP contribution in [0.4, 0.5) is 0 Å². The maximum absolute atomic E-state index is 12.9. The van der Waals surface area contributed by atoms with Crippen molar-refractivity contribution in [2.75, 3.05) is 39.9 Å². The van der Waals surface area contributed by atoms with E-state index in [1.165, 1.54) is 19.3 Å². The lowest BCUT2D eigenvalue weighted by Gasteiger charge is -2.56. The molecule has 2 N–H and O–H groups in total. The number of hydrogen-bond donors (Lipinski definition) is 2. The zero-order valence-corrected chi connectivity index (χ0v) is 16.6. The maximum Gasteiger partial charge on any atom is 0.271 e. The van der Waals surface area contributed by atoms with Crippen LogP contribution in [-0.4, -0.2) is 83.8 Å². The van der Waals surface area contributed by atoms with E-state index in [0.29, 0.717) is 49.2 Å². The number of rotatable bonds is 6. The molecule has 4 rings (SSSR count). The number of carbonyl (C=O) groups is 2. The number of carbonyl (C=O) groups excluding carboxylic acids is 2.